The van der Waals surface area contributed by atoms with E-state index in [1.165, 1.54) is 18.2 Å². The van der Waals surface area contributed by atoms with E-state index in [9.17, 15) is 18.0 Å². The molecule has 0 N–H and O–H groups in total. The third-order valence-electron chi connectivity index (χ3n) is 7.27. The van der Waals surface area contributed by atoms with Crippen molar-refractivity contribution in [3.05, 3.63) is 89.0 Å². The van der Waals surface area contributed by atoms with E-state index in [4.69, 9.17) is 0 Å². The lowest BCUT2D eigenvalue weighted by molar-refractivity contribution is -0.274. The van der Waals surface area contributed by atoms with Crippen LogP contribution in [0.25, 0.3) is 5.52 Å². The van der Waals surface area contributed by atoms with Gasteiger partial charge >= 0.3 is 6.36 Å². The first-order valence-electron chi connectivity index (χ1n) is 13.1. The minimum Gasteiger partial charge on any atom is -0.406 e. The monoisotopic (exact) mass is 554 g/mol. The first-order valence-corrected chi connectivity index (χ1v) is 13.1. The number of ketones is 1. The number of pyridine rings is 1. The van der Waals surface area contributed by atoms with Crippen molar-refractivity contribution in [2.24, 2.45) is 0 Å². The van der Waals surface area contributed by atoms with Crippen LogP contribution in [0.1, 0.15) is 40.5 Å². The number of hydrogen-bond donors (Lipinski definition) is 0. The van der Waals surface area contributed by atoms with Gasteiger partial charge in [-0.2, -0.15) is 5.10 Å². The molecule has 2 aromatic heterocycles. The summed E-state index contributed by atoms with van der Waals surface area (Å²) in [6.07, 6.45) is -2.23. The van der Waals surface area contributed by atoms with Crippen LogP contribution in [0.3, 0.4) is 0 Å². The van der Waals surface area contributed by atoms with Gasteiger partial charge in [-0.25, -0.2) is 8.91 Å². The molecule has 1 aliphatic heterocycles. The molecule has 0 unspecified atom stereocenters. The topological polar surface area (TPSA) is 50.1 Å². The van der Waals surface area contributed by atoms with Gasteiger partial charge in [0.1, 0.15) is 11.6 Å². The number of hydrogen-bond acceptors (Lipinski definition) is 5. The number of nitrogens with zero attached hydrogens (tertiary/aromatic N) is 4. The Morgan fingerprint density at radius 2 is 1.80 bits per heavy atom. The van der Waals surface area contributed by atoms with Crippen molar-refractivity contribution in [3.8, 4) is 5.75 Å². The summed E-state index contributed by atoms with van der Waals surface area (Å²) in [7, 11) is 0. The number of aryl methyl sites for hydroxylation is 3. The van der Waals surface area contributed by atoms with E-state index in [2.05, 4.69) is 14.7 Å². The Kier molecular flexibility index (Phi) is 7.44. The van der Waals surface area contributed by atoms with E-state index in [0.29, 0.717) is 43.0 Å². The smallest absolute Gasteiger partial charge is 0.406 e. The maximum absolute atomic E-state index is 15.2. The Hall–Kier alpha value is -4.08. The zero-order chi connectivity index (χ0) is 28.6. The lowest BCUT2D eigenvalue weighted by Crippen LogP contribution is -2.52. The molecule has 10 heteroatoms. The van der Waals surface area contributed by atoms with Crippen molar-refractivity contribution in [2.45, 2.75) is 46.0 Å². The molecule has 2 aromatic carbocycles. The van der Waals surface area contributed by atoms with Crippen molar-refractivity contribution >= 4 is 22.7 Å². The van der Waals surface area contributed by atoms with Gasteiger partial charge in [0.15, 0.2) is 5.78 Å². The van der Waals surface area contributed by atoms with E-state index in [1.807, 2.05) is 50.1 Å². The fourth-order valence-corrected chi connectivity index (χ4v) is 5.36. The van der Waals surface area contributed by atoms with Gasteiger partial charge in [-0.15, -0.1) is 13.2 Å². The van der Waals surface area contributed by atoms with Crippen molar-refractivity contribution in [3.63, 3.8) is 0 Å². The first kappa shape index (κ1) is 27.5. The summed E-state index contributed by atoms with van der Waals surface area (Å²) in [6.45, 7) is 7.46. The molecule has 1 fully saturated rings. The van der Waals surface area contributed by atoms with E-state index >= 15 is 4.39 Å². The van der Waals surface area contributed by atoms with Crippen LogP contribution in [-0.4, -0.2) is 47.4 Å². The lowest BCUT2D eigenvalue weighted by atomic mass is 10.0. The fourth-order valence-electron chi connectivity index (χ4n) is 5.36. The minimum atomic E-state index is -4.73. The van der Waals surface area contributed by atoms with E-state index in [1.54, 1.807) is 22.7 Å². The number of aromatic nitrogens is 2. The molecule has 1 saturated heterocycles. The number of rotatable bonds is 7. The Morgan fingerprint density at radius 3 is 2.48 bits per heavy atom. The van der Waals surface area contributed by atoms with Gasteiger partial charge in [-0.3, -0.25) is 4.79 Å². The Bertz CT molecular complexity index is 1530. The summed E-state index contributed by atoms with van der Waals surface area (Å²) in [5.74, 6) is -0.636. The highest BCUT2D eigenvalue weighted by Gasteiger charge is 2.31. The van der Waals surface area contributed by atoms with Crippen molar-refractivity contribution < 1.29 is 27.1 Å². The number of piperazine rings is 1. The third kappa shape index (κ3) is 5.90. The van der Waals surface area contributed by atoms with E-state index in [0.717, 1.165) is 22.3 Å². The van der Waals surface area contributed by atoms with Crippen LogP contribution in [0, 0.1) is 19.7 Å². The summed E-state index contributed by atoms with van der Waals surface area (Å²) in [5, 5.41) is 4.44. The summed E-state index contributed by atoms with van der Waals surface area (Å²) in [5.41, 5.74) is 5.12. The molecule has 1 atom stereocenters. The maximum atomic E-state index is 15.2. The highest BCUT2D eigenvalue weighted by molar-refractivity contribution is 6.03. The van der Waals surface area contributed by atoms with E-state index in [-0.39, 0.29) is 29.8 Å². The Morgan fingerprint density at radius 1 is 1.05 bits per heavy atom. The van der Waals surface area contributed by atoms with E-state index < -0.39 is 6.36 Å². The molecule has 1 aliphatic rings. The van der Waals surface area contributed by atoms with Crippen molar-refractivity contribution in [1.29, 1.82) is 0 Å². The first-order chi connectivity index (χ1) is 19.0. The SMILES string of the molecule is Cc1ccn2nc(C)c(C(=O)CCc3ccc(N4CCN(c5ccc(OC(F)(F)F)cc5)[C@@H](C)C4)c(F)c3)c2c1. The molecule has 210 valence electrons. The summed E-state index contributed by atoms with van der Waals surface area (Å²) in [4.78, 5) is 17.1. The van der Waals surface area contributed by atoms with Gasteiger partial charge in [0, 0.05) is 44.0 Å². The van der Waals surface area contributed by atoms with Gasteiger partial charge in [0.05, 0.1) is 22.5 Å². The van der Waals surface area contributed by atoms with Crippen LogP contribution in [0.5, 0.6) is 5.75 Å². The lowest BCUT2D eigenvalue weighted by Gasteiger charge is -2.42. The van der Waals surface area contributed by atoms with Gasteiger partial charge in [0.2, 0.25) is 0 Å². The summed E-state index contributed by atoms with van der Waals surface area (Å²) in [6, 6.07) is 14.8. The maximum Gasteiger partial charge on any atom is 0.573 e. The average molecular weight is 555 g/mol. The largest absolute Gasteiger partial charge is 0.573 e. The van der Waals surface area contributed by atoms with Crippen LogP contribution in [0.2, 0.25) is 0 Å². The quantitative estimate of drug-likeness (QED) is 0.192. The van der Waals surface area contributed by atoms with Crippen LogP contribution >= 0.6 is 0 Å². The third-order valence-corrected chi connectivity index (χ3v) is 7.27. The van der Waals surface area contributed by atoms with Crippen molar-refractivity contribution in [1.82, 2.24) is 9.61 Å². The number of carbonyl (C=O) groups is 1. The molecule has 0 aliphatic carbocycles. The number of anilines is 2. The molecular formula is C30H30F4N4O2. The predicted molar refractivity (Wildman–Crippen MR) is 146 cm³/mol. The van der Waals surface area contributed by atoms with Crippen LogP contribution in [0.15, 0.2) is 60.8 Å². The zero-order valence-corrected chi connectivity index (χ0v) is 22.5. The fraction of sp³-hybridized carbons (Fsp3) is 0.333. The second kappa shape index (κ2) is 10.8. The van der Waals surface area contributed by atoms with Crippen LogP contribution in [-0.2, 0) is 6.42 Å². The van der Waals surface area contributed by atoms with Gasteiger partial charge in [0.25, 0.3) is 0 Å². The average Bonchev–Trinajstić information content (AvgIpc) is 3.22. The van der Waals surface area contributed by atoms with Crippen molar-refractivity contribution in [2.75, 3.05) is 29.4 Å². The Labute approximate surface area is 229 Å². The molecule has 0 saturated carbocycles. The molecule has 3 heterocycles. The molecule has 0 amide bonds. The molecule has 5 rings (SSSR count). The molecule has 0 radical (unpaired) electrons. The number of alkyl halides is 3. The highest BCUT2D eigenvalue weighted by Crippen LogP contribution is 2.30. The molecule has 0 spiro atoms. The number of Topliss-reactive ketones (excluding diaryl/α,β-unsaturated/α-hetero) is 1. The number of benzene rings is 2. The number of carbonyl (C=O) groups excluding carboxylic acids is 1. The molecule has 4 aromatic rings. The molecular weight excluding hydrogens is 524 g/mol. The number of fused-ring (bicyclic) bond motifs is 1. The second-order valence-corrected chi connectivity index (χ2v) is 10.2. The summed E-state index contributed by atoms with van der Waals surface area (Å²) < 4.78 is 58.2. The van der Waals surface area contributed by atoms with Crippen LogP contribution < -0.4 is 14.5 Å². The normalized spacial score (nSPS) is 16.0. The van der Waals surface area contributed by atoms with Gasteiger partial charge in [-0.1, -0.05) is 6.07 Å². The predicted octanol–water partition coefficient (Wildman–Crippen LogP) is 6.52. The van der Waals surface area contributed by atoms with Gasteiger partial charge < -0.3 is 14.5 Å². The summed E-state index contributed by atoms with van der Waals surface area (Å²) >= 11 is 0. The second-order valence-electron chi connectivity index (χ2n) is 10.2. The Balaban J connectivity index is 1.21. The van der Waals surface area contributed by atoms with Crippen LogP contribution in [0.4, 0.5) is 28.9 Å². The molecule has 40 heavy (non-hydrogen) atoms. The number of halogens is 4. The zero-order valence-electron chi connectivity index (χ0n) is 22.5. The standard InChI is InChI=1S/C30H30F4N4O2/c1-19-12-13-38-27(16-19)29(21(3)35-38)28(39)11-5-22-4-10-26(25(31)17-22)36-14-15-37(20(2)18-36)23-6-8-24(9-7-23)40-30(32,33)34/h4,6-10,12-13,16-17,20H,5,11,14-15,18H2,1-3H3/t20-/m0/s1. The molecule has 6 nitrogen and oxygen atoms in total. The minimum absolute atomic E-state index is 0.00226. The number of ether oxygens (including phenoxy) is 1. The molecule has 0 bridgehead atoms. The highest BCUT2D eigenvalue weighted by atomic mass is 19.4. The van der Waals surface area contributed by atoms with Gasteiger partial charge in [-0.05, 0) is 86.8 Å².